The molecule has 17 nitrogen and oxygen atoms in total. The molecule has 0 heterocycles. The molecule has 0 saturated carbocycles. The van der Waals surface area contributed by atoms with Crippen LogP contribution in [0.25, 0.3) is 0 Å². The number of unbranched alkanes of at least 4 members (excludes halogenated alkanes) is 29. The molecule has 0 aliphatic carbocycles. The van der Waals surface area contributed by atoms with Gasteiger partial charge in [0.05, 0.1) is 26.4 Å². The van der Waals surface area contributed by atoms with E-state index < -0.39 is 97.5 Å². The highest BCUT2D eigenvalue weighted by Crippen LogP contribution is 2.45. The van der Waals surface area contributed by atoms with Crippen LogP contribution in [0.4, 0.5) is 0 Å². The van der Waals surface area contributed by atoms with Crippen molar-refractivity contribution in [3.63, 3.8) is 0 Å². The smallest absolute Gasteiger partial charge is 0.462 e. The van der Waals surface area contributed by atoms with Crippen LogP contribution in [-0.4, -0.2) is 96.7 Å². The zero-order valence-corrected chi connectivity index (χ0v) is 57.7. The Labute approximate surface area is 524 Å². The summed E-state index contributed by atoms with van der Waals surface area (Å²) in [6.45, 7) is 14.0. The maximum absolute atomic E-state index is 13.0. The molecule has 19 heteroatoms. The lowest BCUT2D eigenvalue weighted by Gasteiger charge is -2.21. The van der Waals surface area contributed by atoms with E-state index in [-0.39, 0.29) is 25.7 Å². The Morgan fingerprint density at radius 3 is 0.826 bits per heavy atom. The third-order valence-corrected chi connectivity index (χ3v) is 17.6. The van der Waals surface area contributed by atoms with E-state index in [1.807, 2.05) is 0 Å². The van der Waals surface area contributed by atoms with Crippen LogP contribution in [0.15, 0.2) is 0 Å². The molecule has 0 bridgehead atoms. The molecule has 0 fully saturated rings. The number of hydrogen-bond acceptors (Lipinski definition) is 15. The summed E-state index contributed by atoms with van der Waals surface area (Å²) in [4.78, 5) is 72.3. The van der Waals surface area contributed by atoms with Crippen LogP contribution in [0.3, 0.4) is 0 Å². The number of ether oxygens (including phenoxy) is 4. The van der Waals surface area contributed by atoms with Gasteiger partial charge in [-0.25, -0.2) is 9.13 Å². The van der Waals surface area contributed by atoms with E-state index in [2.05, 4.69) is 55.4 Å². The molecule has 0 aliphatic heterocycles. The van der Waals surface area contributed by atoms with Crippen molar-refractivity contribution >= 4 is 39.5 Å². The normalized spacial score (nSPS) is 14.7. The largest absolute Gasteiger partial charge is 0.472 e. The summed E-state index contributed by atoms with van der Waals surface area (Å²) >= 11 is 0. The molecular formula is C67H130O17P2. The Bertz CT molecular complexity index is 1720. The summed E-state index contributed by atoms with van der Waals surface area (Å²) < 4.78 is 68.1. The molecular weight excluding hydrogens is 1140 g/mol. The quantitative estimate of drug-likeness (QED) is 0.0222. The lowest BCUT2D eigenvalue weighted by molar-refractivity contribution is -0.161. The third kappa shape index (κ3) is 59.7. The fraction of sp³-hybridized carbons (Fsp3) is 0.940. The molecule has 6 atom stereocenters. The summed E-state index contributed by atoms with van der Waals surface area (Å²) in [5.41, 5.74) is 0. The van der Waals surface area contributed by atoms with Crippen LogP contribution in [0.1, 0.15) is 325 Å². The van der Waals surface area contributed by atoms with Crippen LogP contribution in [0, 0.1) is 23.7 Å². The van der Waals surface area contributed by atoms with Crippen molar-refractivity contribution in [1.82, 2.24) is 0 Å². The molecule has 0 saturated heterocycles. The molecule has 4 unspecified atom stereocenters. The highest BCUT2D eigenvalue weighted by molar-refractivity contribution is 7.47. The fourth-order valence-corrected chi connectivity index (χ4v) is 11.5. The Hall–Kier alpha value is -1.94. The molecule has 0 aliphatic rings. The Kier molecular flexibility index (Phi) is 55.7. The molecule has 86 heavy (non-hydrogen) atoms. The Morgan fingerprint density at radius 2 is 0.558 bits per heavy atom. The Morgan fingerprint density at radius 1 is 0.326 bits per heavy atom. The van der Waals surface area contributed by atoms with Crippen molar-refractivity contribution in [3.05, 3.63) is 0 Å². The van der Waals surface area contributed by atoms with E-state index in [1.165, 1.54) is 116 Å². The van der Waals surface area contributed by atoms with Crippen molar-refractivity contribution in [2.24, 2.45) is 23.7 Å². The predicted molar refractivity (Wildman–Crippen MR) is 344 cm³/mol. The second-order valence-electron chi connectivity index (χ2n) is 25.9. The van der Waals surface area contributed by atoms with Gasteiger partial charge in [0.2, 0.25) is 0 Å². The lowest BCUT2D eigenvalue weighted by Crippen LogP contribution is -2.30. The number of carbonyl (C=O) groups is 4. The molecule has 510 valence electrons. The van der Waals surface area contributed by atoms with Crippen LogP contribution < -0.4 is 0 Å². The maximum atomic E-state index is 13.0. The fourth-order valence-electron chi connectivity index (χ4n) is 9.93. The van der Waals surface area contributed by atoms with Gasteiger partial charge in [-0.15, -0.1) is 0 Å². The van der Waals surface area contributed by atoms with Crippen LogP contribution >= 0.6 is 15.6 Å². The number of phosphoric acid groups is 2. The predicted octanol–water partition coefficient (Wildman–Crippen LogP) is 18.5. The highest BCUT2D eigenvalue weighted by Gasteiger charge is 2.30. The lowest BCUT2D eigenvalue weighted by atomic mass is 10.00. The number of rotatable bonds is 64. The summed E-state index contributed by atoms with van der Waals surface area (Å²) in [7, 11) is -9.90. The average Bonchev–Trinajstić information content (AvgIpc) is 3.62. The first-order valence-corrected chi connectivity index (χ1v) is 37.7. The summed E-state index contributed by atoms with van der Waals surface area (Å²) in [5.74, 6) is 0.781. The first kappa shape index (κ1) is 84.1. The molecule has 0 radical (unpaired) electrons. The third-order valence-electron chi connectivity index (χ3n) is 15.7. The van der Waals surface area contributed by atoms with E-state index >= 15 is 0 Å². The zero-order valence-electron chi connectivity index (χ0n) is 55.9. The SMILES string of the molecule is CCC(C)CCCCCCCCC(=O)OC[C@H](COP(=O)(O)OCC(O)COP(=O)(O)OC[C@@H](COC(=O)CCCCCCCCCC(C)C)OC(=O)CCCCCCCCCC(C)C)OC(=O)CCCCCCCCCCCCCCCC(C)C. The van der Waals surface area contributed by atoms with Gasteiger partial charge in [-0.05, 0) is 49.4 Å². The summed E-state index contributed by atoms with van der Waals surface area (Å²) in [6, 6.07) is 0. The number of aliphatic hydroxyl groups excluding tert-OH is 1. The molecule has 0 aromatic heterocycles. The van der Waals surface area contributed by atoms with Gasteiger partial charge in [-0.1, -0.05) is 274 Å². The van der Waals surface area contributed by atoms with Gasteiger partial charge in [0.1, 0.15) is 19.3 Å². The molecule has 0 aromatic carbocycles. The van der Waals surface area contributed by atoms with Crippen LogP contribution in [0.5, 0.6) is 0 Å². The number of carbonyl (C=O) groups excluding carboxylic acids is 4. The molecule has 3 N–H and O–H groups in total. The van der Waals surface area contributed by atoms with E-state index in [0.717, 1.165) is 115 Å². The monoisotopic (exact) mass is 1270 g/mol. The highest BCUT2D eigenvalue weighted by atomic mass is 31.2. The van der Waals surface area contributed by atoms with Crippen molar-refractivity contribution in [2.75, 3.05) is 39.6 Å². The van der Waals surface area contributed by atoms with Gasteiger partial charge in [0, 0.05) is 25.7 Å². The average molecular weight is 1270 g/mol. The minimum absolute atomic E-state index is 0.102. The van der Waals surface area contributed by atoms with Gasteiger partial charge in [-0.2, -0.15) is 0 Å². The first-order chi connectivity index (χ1) is 41.1. The van der Waals surface area contributed by atoms with Crippen molar-refractivity contribution in [2.45, 2.75) is 343 Å². The standard InChI is InChI=1S/C67H130O17P2/c1-9-60(8)46-38-30-25-26-32-40-48-65(70)78-54-63(83-66(71)49-41-33-22-16-14-12-10-11-13-15-19-27-35-43-57(2)3)56-82-86(75,76)80-52-61(68)51-79-85(73,74)81-55-62(84-67(72)50-42-34-24-18-21-29-37-45-59(6)7)53-77-64(69)47-39-31-23-17-20-28-36-44-58(4)5/h57-63,68H,9-56H2,1-8H3,(H,73,74)(H,75,76)/t60?,61?,62-,63-/m1/s1. The molecule has 0 rings (SSSR count). The van der Waals surface area contributed by atoms with Gasteiger partial charge in [0.25, 0.3) is 0 Å². The second-order valence-corrected chi connectivity index (χ2v) is 28.8. The first-order valence-electron chi connectivity index (χ1n) is 34.7. The van der Waals surface area contributed by atoms with Crippen LogP contribution in [-0.2, 0) is 65.4 Å². The van der Waals surface area contributed by atoms with Gasteiger partial charge in [-0.3, -0.25) is 37.3 Å². The van der Waals surface area contributed by atoms with E-state index in [1.54, 1.807) is 0 Å². The van der Waals surface area contributed by atoms with Crippen molar-refractivity contribution < 1.29 is 80.2 Å². The van der Waals surface area contributed by atoms with E-state index in [4.69, 9.17) is 37.0 Å². The summed E-state index contributed by atoms with van der Waals surface area (Å²) in [6.07, 6.45) is 37.8. The number of esters is 4. The minimum atomic E-state index is -4.95. The van der Waals surface area contributed by atoms with Crippen LogP contribution in [0.2, 0.25) is 0 Å². The van der Waals surface area contributed by atoms with Gasteiger partial charge >= 0.3 is 39.5 Å². The topological polar surface area (TPSA) is 237 Å². The minimum Gasteiger partial charge on any atom is -0.462 e. The van der Waals surface area contributed by atoms with E-state index in [9.17, 15) is 43.2 Å². The maximum Gasteiger partial charge on any atom is 0.472 e. The van der Waals surface area contributed by atoms with Crippen molar-refractivity contribution in [1.29, 1.82) is 0 Å². The van der Waals surface area contributed by atoms with Gasteiger partial charge in [0.15, 0.2) is 12.2 Å². The summed E-state index contributed by atoms with van der Waals surface area (Å²) in [5, 5.41) is 10.6. The number of aliphatic hydroxyl groups is 1. The number of hydrogen-bond donors (Lipinski definition) is 3. The molecule has 0 spiro atoms. The van der Waals surface area contributed by atoms with Crippen molar-refractivity contribution in [3.8, 4) is 0 Å². The zero-order chi connectivity index (χ0) is 63.9. The van der Waals surface area contributed by atoms with E-state index in [0.29, 0.717) is 37.5 Å². The number of phosphoric ester groups is 2. The Balaban J connectivity index is 5.23. The molecule has 0 aromatic rings. The van der Waals surface area contributed by atoms with Gasteiger partial charge < -0.3 is 33.8 Å². The second kappa shape index (κ2) is 57.0. The molecule has 0 amide bonds.